The van der Waals surface area contributed by atoms with Gasteiger partial charge in [-0.15, -0.1) is 16.4 Å². The van der Waals surface area contributed by atoms with Gasteiger partial charge in [-0.2, -0.15) is 13.2 Å². The molecule has 0 bridgehead atoms. The predicted molar refractivity (Wildman–Crippen MR) is 104 cm³/mol. The average Bonchev–Trinajstić information content (AvgIpc) is 3.37. The molecule has 0 aromatic carbocycles. The molecular formula is C18H11F3N6O3S. The highest BCUT2D eigenvalue weighted by atomic mass is 32.1. The minimum absolute atomic E-state index is 0.00247. The number of hydrogen-bond acceptors (Lipinski definition) is 8. The van der Waals surface area contributed by atoms with E-state index in [0.717, 1.165) is 16.7 Å². The molecule has 4 heterocycles. The van der Waals surface area contributed by atoms with Crippen molar-refractivity contribution in [2.24, 2.45) is 0 Å². The minimum atomic E-state index is -4.60. The second-order valence-electron chi connectivity index (χ2n) is 6.21. The molecule has 4 rings (SSSR count). The molecule has 4 aromatic heterocycles. The Balaban J connectivity index is 1.85. The van der Waals surface area contributed by atoms with Gasteiger partial charge in [-0.05, 0) is 12.1 Å². The van der Waals surface area contributed by atoms with Crippen LogP contribution in [0.15, 0.2) is 45.3 Å². The van der Waals surface area contributed by atoms with Crippen LogP contribution in [0.2, 0.25) is 0 Å². The first-order chi connectivity index (χ1) is 14.7. The molecule has 0 spiro atoms. The molecule has 0 aliphatic carbocycles. The number of anilines is 1. The van der Waals surface area contributed by atoms with Crippen LogP contribution in [-0.2, 0) is 11.0 Å². The van der Waals surface area contributed by atoms with Crippen molar-refractivity contribution in [1.29, 1.82) is 0 Å². The summed E-state index contributed by atoms with van der Waals surface area (Å²) in [6.45, 7) is 1.28. The van der Waals surface area contributed by atoms with E-state index >= 15 is 0 Å². The molecule has 31 heavy (non-hydrogen) atoms. The third-order valence-electron chi connectivity index (χ3n) is 3.97. The molecule has 9 nitrogen and oxygen atoms in total. The van der Waals surface area contributed by atoms with Crippen LogP contribution in [0.3, 0.4) is 0 Å². The van der Waals surface area contributed by atoms with Crippen molar-refractivity contribution in [3.8, 4) is 33.2 Å². The Bertz CT molecular complexity index is 1330. The summed E-state index contributed by atoms with van der Waals surface area (Å²) in [4.78, 5) is 34.5. The molecule has 0 atom stereocenters. The van der Waals surface area contributed by atoms with Crippen molar-refractivity contribution >= 4 is 23.1 Å². The van der Waals surface area contributed by atoms with Crippen LogP contribution in [0, 0.1) is 0 Å². The van der Waals surface area contributed by atoms with E-state index in [-0.39, 0.29) is 16.7 Å². The van der Waals surface area contributed by atoms with E-state index in [1.165, 1.54) is 31.6 Å². The van der Waals surface area contributed by atoms with Crippen molar-refractivity contribution in [3.63, 3.8) is 0 Å². The number of H-pyrrole nitrogens is 1. The lowest BCUT2D eigenvalue weighted by Crippen LogP contribution is -2.08. The van der Waals surface area contributed by atoms with Crippen LogP contribution in [0.25, 0.3) is 33.2 Å². The lowest BCUT2D eigenvalue weighted by atomic mass is 10.0. The summed E-state index contributed by atoms with van der Waals surface area (Å²) in [6, 6.07) is 3.01. The van der Waals surface area contributed by atoms with Gasteiger partial charge in [0.05, 0.1) is 5.56 Å². The van der Waals surface area contributed by atoms with Crippen LogP contribution in [0.4, 0.5) is 19.0 Å². The van der Waals surface area contributed by atoms with Gasteiger partial charge in [0, 0.05) is 47.6 Å². The van der Waals surface area contributed by atoms with Crippen molar-refractivity contribution < 1.29 is 22.4 Å². The molecule has 0 radical (unpaired) electrons. The fraction of sp³-hybridized carbons (Fsp3) is 0.111. The van der Waals surface area contributed by atoms with E-state index in [2.05, 4.69) is 30.5 Å². The summed E-state index contributed by atoms with van der Waals surface area (Å²) < 4.78 is 44.1. The monoisotopic (exact) mass is 448 g/mol. The van der Waals surface area contributed by atoms with Gasteiger partial charge in [0.15, 0.2) is 5.69 Å². The number of nitrogens with zero attached hydrogens (tertiary/aromatic N) is 4. The maximum absolute atomic E-state index is 13.1. The van der Waals surface area contributed by atoms with E-state index in [1.807, 2.05) is 0 Å². The second kappa shape index (κ2) is 7.75. The third kappa shape index (κ3) is 4.35. The Labute approximate surface area is 175 Å². The number of aromatic nitrogens is 5. The third-order valence-corrected chi connectivity index (χ3v) is 4.84. The van der Waals surface area contributed by atoms with Gasteiger partial charge in [-0.1, -0.05) is 0 Å². The molecular weight excluding hydrogens is 437 g/mol. The fourth-order valence-corrected chi connectivity index (χ4v) is 3.55. The Morgan fingerprint density at radius 1 is 1.16 bits per heavy atom. The van der Waals surface area contributed by atoms with E-state index in [1.54, 1.807) is 6.07 Å². The first kappa shape index (κ1) is 20.4. The lowest BCUT2D eigenvalue weighted by molar-refractivity contribution is -0.140. The van der Waals surface area contributed by atoms with Crippen LogP contribution in [0.5, 0.6) is 0 Å². The molecule has 0 aliphatic rings. The normalized spacial score (nSPS) is 11.5. The average molecular weight is 448 g/mol. The van der Waals surface area contributed by atoms with E-state index < -0.39 is 23.5 Å². The standard InChI is InChI=1S/C18H11F3N6O3S/c1-8(28)24-14-3-11(16-25-13(7-31-16)18(19,20)21)12(6-23-14)9-2-10(5-22-4-9)15-26-27-17(29)30-15/h2-7H,1H3,(H,27,29)(H,23,24,28). The van der Waals surface area contributed by atoms with E-state index in [9.17, 15) is 22.8 Å². The second-order valence-corrected chi connectivity index (χ2v) is 7.07. The molecule has 0 saturated heterocycles. The van der Waals surface area contributed by atoms with Crippen molar-refractivity contribution in [3.05, 3.63) is 52.3 Å². The Hall–Kier alpha value is -3.87. The highest BCUT2D eigenvalue weighted by molar-refractivity contribution is 7.13. The zero-order chi connectivity index (χ0) is 22.2. The molecule has 13 heteroatoms. The molecule has 0 fully saturated rings. The Morgan fingerprint density at radius 3 is 2.58 bits per heavy atom. The van der Waals surface area contributed by atoms with E-state index in [0.29, 0.717) is 22.3 Å². The van der Waals surface area contributed by atoms with Crippen LogP contribution >= 0.6 is 11.3 Å². The number of halogens is 3. The molecule has 1 amide bonds. The number of amides is 1. The molecule has 4 aromatic rings. The van der Waals surface area contributed by atoms with Gasteiger partial charge in [-0.25, -0.2) is 19.9 Å². The van der Waals surface area contributed by atoms with Crippen LogP contribution in [0.1, 0.15) is 12.6 Å². The molecule has 0 saturated carbocycles. The lowest BCUT2D eigenvalue weighted by Gasteiger charge is -2.10. The summed E-state index contributed by atoms with van der Waals surface area (Å²) >= 11 is 0.801. The number of hydrogen-bond donors (Lipinski definition) is 2. The van der Waals surface area contributed by atoms with Gasteiger partial charge in [-0.3, -0.25) is 9.78 Å². The summed E-state index contributed by atoms with van der Waals surface area (Å²) in [7, 11) is 0. The number of aromatic amines is 1. The number of pyridine rings is 2. The summed E-state index contributed by atoms with van der Waals surface area (Å²) in [5.74, 6) is -0.988. The molecule has 158 valence electrons. The summed E-state index contributed by atoms with van der Waals surface area (Å²) in [6.07, 6.45) is -0.337. The Morgan fingerprint density at radius 2 is 1.94 bits per heavy atom. The van der Waals surface area contributed by atoms with Gasteiger partial charge >= 0.3 is 11.9 Å². The predicted octanol–water partition coefficient (Wildman–Crippen LogP) is 3.59. The highest BCUT2D eigenvalue weighted by Gasteiger charge is 2.34. The van der Waals surface area contributed by atoms with Crippen LogP contribution in [-0.4, -0.2) is 31.1 Å². The van der Waals surface area contributed by atoms with Crippen molar-refractivity contribution in [2.45, 2.75) is 13.1 Å². The van der Waals surface area contributed by atoms with Gasteiger partial charge < -0.3 is 9.73 Å². The first-order valence-corrected chi connectivity index (χ1v) is 9.40. The number of alkyl halides is 3. The Kier molecular flexibility index (Phi) is 5.10. The smallest absolute Gasteiger partial charge is 0.388 e. The van der Waals surface area contributed by atoms with Crippen LogP contribution < -0.4 is 11.1 Å². The van der Waals surface area contributed by atoms with Gasteiger partial charge in [0.25, 0.3) is 5.89 Å². The summed E-state index contributed by atoms with van der Waals surface area (Å²) in [5.41, 5.74) is 0.513. The van der Waals surface area contributed by atoms with E-state index in [4.69, 9.17) is 4.42 Å². The zero-order valence-electron chi connectivity index (χ0n) is 15.5. The van der Waals surface area contributed by atoms with Gasteiger partial charge in [0.2, 0.25) is 5.91 Å². The fourth-order valence-electron chi connectivity index (χ4n) is 2.70. The first-order valence-electron chi connectivity index (χ1n) is 8.53. The quantitative estimate of drug-likeness (QED) is 0.488. The topological polar surface area (TPSA) is 127 Å². The minimum Gasteiger partial charge on any atom is -0.388 e. The maximum atomic E-state index is 13.1. The zero-order valence-corrected chi connectivity index (χ0v) is 16.3. The molecule has 0 unspecified atom stereocenters. The maximum Gasteiger partial charge on any atom is 0.434 e. The van der Waals surface area contributed by atoms with Crippen molar-refractivity contribution in [2.75, 3.05) is 5.32 Å². The summed E-state index contributed by atoms with van der Waals surface area (Å²) in [5, 5.41) is 9.35. The highest BCUT2D eigenvalue weighted by Crippen LogP contribution is 2.38. The largest absolute Gasteiger partial charge is 0.434 e. The number of rotatable bonds is 4. The molecule has 2 N–H and O–H groups in total. The number of thiazole rings is 1. The molecule has 0 aliphatic heterocycles. The van der Waals surface area contributed by atoms with Crippen molar-refractivity contribution in [1.82, 2.24) is 25.1 Å². The SMILES string of the molecule is CC(=O)Nc1cc(-c2nc(C(F)(F)F)cs2)c(-c2cncc(-c3n[nH]c(=O)o3)c2)cn1. The number of carbonyl (C=O) groups is 1. The van der Waals surface area contributed by atoms with Gasteiger partial charge in [0.1, 0.15) is 10.8 Å². The number of nitrogens with one attached hydrogen (secondary N) is 2. The number of carbonyl (C=O) groups excluding carboxylic acids is 1.